The number of rotatable bonds is 12. The molecule has 1 unspecified atom stereocenters. The number of amides is 2. The Bertz CT molecular complexity index is 1350. The number of halogens is 1. The lowest BCUT2D eigenvalue weighted by molar-refractivity contribution is -0.122. The van der Waals surface area contributed by atoms with Gasteiger partial charge in [-0.05, 0) is 53.7 Å². The minimum Gasteiger partial charge on any atom is -0.472 e. The fourth-order valence-corrected chi connectivity index (χ4v) is 8.11. The maximum atomic E-state index is 13.8. The normalized spacial score (nSPS) is 20.3. The molecule has 3 atom stereocenters. The number of hydrogen-bond donors (Lipinski definition) is 1. The number of likely N-dealkylation sites (tertiary alicyclic amines) is 1. The Labute approximate surface area is 266 Å². The van der Waals surface area contributed by atoms with Crippen LogP contribution in [0.3, 0.4) is 0 Å². The molecule has 4 rings (SSSR count). The second-order valence-electron chi connectivity index (χ2n) is 12.9. The van der Waals surface area contributed by atoms with Gasteiger partial charge in [0.2, 0.25) is 11.7 Å². The summed E-state index contributed by atoms with van der Waals surface area (Å²) in [6.07, 6.45) is -0.0228. The van der Waals surface area contributed by atoms with Crippen molar-refractivity contribution in [1.82, 2.24) is 10.2 Å². The monoisotopic (exact) mass is 641 g/mol. The summed E-state index contributed by atoms with van der Waals surface area (Å²) in [6.45, 7) is 13.8. The number of ether oxygens (including phenoxy) is 2. The van der Waals surface area contributed by atoms with E-state index in [2.05, 4.69) is 51.1 Å². The number of nitrogens with zero attached hydrogens (tertiary/aromatic N) is 2. The Morgan fingerprint density at radius 3 is 2.43 bits per heavy atom. The highest BCUT2D eigenvalue weighted by atomic mass is 35.5. The van der Waals surface area contributed by atoms with E-state index in [1.807, 2.05) is 42.5 Å². The van der Waals surface area contributed by atoms with E-state index in [9.17, 15) is 14.4 Å². The molecule has 11 heteroatoms. The van der Waals surface area contributed by atoms with E-state index >= 15 is 0 Å². The molecule has 2 aliphatic rings. The SMILES string of the molecule is CC(C)C(C)(C)[Si](C)(C)O[C@H]1C[C@@H](C(=O)C2=NC(C(=O)NCCc3ccc(Cl)cc3)CO2)N(C(=O)OCc2ccccc2)C1. The number of nitrogens with one attached hydrogen (secondary N) is 1. The first kappa shape index (κ1) is 33.7. The molecule has 2 aromatic rings. The van der Waals surface area contributed by atoms with Crippen LogP contribution < -0.4 is 5.32 Å². The van der Waals surface area contributed by atoms with Crippen LogP contribution in [0.4, 0.5) is 4.79 Å². The maximum absolute atomic E-state index is 13.8. The van der Waals surface area contributed by atoms with Gasteiger partial charge in [0.15, 0.2) is 14.4 Å². The highest BCUT2D eigenvalue weighted by molar-refractivity contribution is 6.74. The third-order valence-corrected chi connectivity index (χ3v) is 14.1. The molecule has 2 aliphatic heterocycles. The summed E-state index contributed by atoms with van der Waals surface area (Å²) in [4.78, 5) is 45.6. The van der Waals surface area contributed by atoms with Crippen LogP contribution in [0, 0.1) is 5.92 Å². The Kier molecular flexibility index (Phi) is 10.9. The lowest BCUT2D eigenvalue weighted by Crippen LogP contribution is -2.48. The molecule has 0 radical (unpaired) electrons. The number of carbonyl (C=O) groups is 3. The maximum Gasteiger partial charge on any atom is 0.410 e. The number of aliphatic imine (C=N–C) groups is 1. The summed E-state index contributed by atoms with van der Waals surface area (Å²) < 4.78 is 18.0. The van der Waals surface area contributed by atoms with E-state index in [1.54, 1.807) is 12.1 Å². The Morgan fingerprint density at radius 1 is 1.09 bits per heavy atom. The zero-order chi connectivity index (χ0) is 32.1. The van der Waals surface area contributed by atoms with Crippen molar-refractivity contribution in [2.24, 2.45) is 10.9 Å². The van der Waals surface area contributed by atoms with Crippen LogP contribution in [-0.2, 0) is 36.5 Å². The van der Waals surface area contributed by atoms with Crippen molar-refractivity contribution < 1.29 is 28.3 Å². The van der Waals surface area contributed by atoms with E-state index in [-0.39, 0.29) is 42.7 Å². The third-order valence-electron chi connectivity index (χ3n) is 9.25. The summed E-state index contributed by atoms with van der Waals surface area (Å²) in [7, 11) is -2.27. The predicted molar refractivity (Wildman–Crippen MR) is 173 cm³/mol. The second kappa shape index (κ2) is 14.3. The van der Waals surface area contributed by atoms with Crippen LogP contribution in [0.2, 0.25) is 23.2 Å². The van der Waals surface area contributed by atoms with Crippen LogP contribution in [0.1, 0.15) is 45.2 Å². The summed E-state index contributed by atoms with van der Waals surface area (Å²) in [5.74, 6) is -0.525. The minimum absolute atomic E-state index is 0.0402. The molecule has 1 saturated heterocycles. The molecule has 0 aromatic heterocycles. The molecule has 0 spiro atoms. The fourth-order valence-electron chi connectivity index (χ4n) is 5.28. The second-order valence-corrected chi connectivity index (χ2v) is 17.8. The average Bonchev–Trinajstić information content (AvgIpc) is 3.65. The van der Waals surface area contributed by atoms with Gasteiger partial charge < -0.3 is 19.2 Å². The number of Topliss-reactive ketones (excluding diaryl/α,β-unsaturated/α-hetero) is 1. The number of carbonyl (C=O) groups excluding carboxylic acids is 3. The fraction of sp³-hybridized carbons (Fsp3) is 0.515. The van der Waals surface area contributed by atoms with Crippen molar-refractivity contribution in [3.63, 3.8) is 0 Å². The molecule has 0 saturated carbocycles. The Balaban J connectivity index is 1.43. The van der Waals surface area contributed by atoms with Crippen LogP contribution in [0.15, 0.2) is 59.6 Å². The number of hydrogen-bond acceptors (Lipinski definition) is 7. The van der Waals surface area contributed by atoms with E-state index in [0.29, 0.717) is 30.3 Å². The first-order valence-electron chi connectivity index (χ1n) is 15.2. The summed E-state index contributed by atoms with van der Waals surface area (Å²) in [5.41, 5.74) is 1.88. The molecule has 9 nitrogen and oxygen atoms in total. The van der Waals surface area contributed by atoms with Crippen LogP contribution in [0.25, 0.3) is 0 Å². The first-order valence-corrected chi connectivity index (χ1v) is 18.5. The smallest absolute Gasteiger partial charge is 0.410 e. The zero-order valence-corrected chi connectivity index (χ0v) is 28.2. The lowest BCUT2D eigenvalue weighted by atomic mass is 9.99. The third kappa shape index (κ3) is 8.08. The van der Waals surface area contributed by atoms with Gasteiger partial charge in [-0.2, -0.15) is 0 Å². The molecule has 2 aromatic carbocycles. The highest BCUT2D eigenvalue weighted by Gasteiger charge is 2.49. The minimum atomic E-state index is -2.27. The van der Waals surface area contributed by atoms with Crippen LogP contribution in [-0.4, -0.2) is 74.8 Å². The molecule has 0 bridgehead atoms. The Hall–Kier alpha value is -3.21. The van der Waals surface area contributed by atoms with E-state index in [1.165, 1.54) is 4.90 Å². The zero-order valence-electron chi connectivity index (χ0n) is 26.5. The van der Waals surface area contributed by atoms with Gasteiger partial charge in [-0.3, -0.25) is 14.5 Å². The van der Waals surface area contributed by atoms with Crippen molar-refractivity contribution in [3.05, 3.63) is 70.7 Å². The van der Waals surface area contributed by atoms with Gasteiger partial charge in [-0.25, -0.2) is 9.79 Å². The molecule has 1 fully saturated rings. The topological polar surface area (TPSA) is 107 Å². The van der Waals surface area contributed by atoms with Gasteiger partial charge in [0, 0.05) is 24.5 Å². The number of ketones is 1. The quantitative estimate of drug-likeness (QED) is 0.294. The van der Waals surface area contributed by atoms with Crippen LogP contribution in [0.5, 0.6) is 0 Å². The van der Waals surface area contributed by atoms with Crippen molar-refractivity contribution in [2.75, 3.05) is 19.7 Å². The molecule has 2 heterocycles. The summed E-state index contributed by atoms with van der Waals surface area (Å²) in [5, 5.41) is 3.47. The van der Waals surface area contributed by atoms with Crippen molar-refractivity contribution in [2.45, 2.75) is 83.5 Å². The molecule has 0 aliphatic carbocycles. The summed E-state index contributed by atoms with van der Waals surface area (Å²) >= 11 is 5.94. The van der Waals surface area contributed by atoms with E-state index < -0.39 is 32.3 Å². The van der Waals surface area contributed by atoms with Gasteiger partial charge in [0.1, 0.15) is 19.3 Å². The molecule has 44 heavy (non-hydrogen) atoms. The largest absolute Gasteiger partial charge is 0.472 e. The predicted octanol–water partition coefficient (Wildman–Crippen LogP) is 5.80. The van der Waals surface area contributed by atoms with E-state index in [4.69, 9.17) is 25.5 Å². The average molecular weight is 642 g/mol. The summed E-state index contributed by atoms with van der Waals surface area (Å²) in [6, 6.07) is 15.1. The van der Waals surface area contributed by atoms with Gasteiger partial charge in [0.25, 0.3) is 5.90 Å². The molecule has 2 amide bonds. The Morgan fingerprint density at radius 2 is 1.77 bits per heavy atom. The molecular weight excluding hydrogens is 598 g/mol. The van der Waals surface area contributed by atoms with Crippen molar-refractivity contribution in [3.8, 4) is 0 Å². The van der Waals surface area contributed by atoms with Gasteiger partial charge >= 0.3 is 6.09 Å². The lowest BCUT2D eigenvalue weighted by Gasteiger charge is -2.44. The van der Waals surface area contributed by atoms with Crippen molar-refractivity contribution >= 4 is 43.6 Å². The van der Waals surface area contributed by atoms with Gasteiger partial charge in [-0.1, -0.05) is 81.8 Å². The van der Waals surface area contributed by atoms with E-state index in [0.717, 1.165) is 11.1 Å². The van der Waals surface area contributed by atoms with Gasteiger partial charge in [0.05, 0.1) is 6.10 Å². The van der Waals surface area contributed by atoms with Crippen LogP contribution >= 0.6 is 11.6 Å². The molecule has 238 valence electrons. The first-order chi connectivity index (χ1) is 20.8. The highest BCUT2D eigenvalue weighted by Crippen LogP contribution is 2.46. The number of benzene rings is 2. The molecular formula is C33H44ClN3O6Si. The van der Waals surface area contributed by atoms with Gasteiger partial charge in [-0.15, -0.1) is 0 Å². The molecule has 1 N–H and O–H groups in total. The standard InChI is InChI=1S/C33H44ClN3O6Si/c1-22(2)33(3,4)44(5,6)43-26-18-28(37(19-26)32(40)42-20-24-10-8-7-9-11-24)29(38)31-36-27(21-41-31)30(39)35-17-16-23-12-14-25(34)15-13-23/h7-15,22,26-28H,16-21H2,1-6H3,(H,35,39)/t26-,27?,28-/m0/s1. The van der Waals surface area contributed by atoms with Crippen molar-refractivity contribution in [1.29, 1.82) is 0 Å².